The van der Waals surface area contributed by atoms with Gasteiger partial charge in [-0.25, -0.2) is 0 Å². The van der Waals surface area contributed by atoms with Crippen LogP contribution in [0.3, 0.4) is 0 Å². The maximum absolute atomic E-state index is 11.9. The first-order valence-electron chi connectivity index (χ1n) is 5.96. The van der Waals surface area contributed by atoms with E-state index in [4.69, 9.17) is 15.2 Å². The summed E-state index contributed by atoms with van der Waals surface area (Å²) in [5.74, 6) is -0.496. The van der Waals surface area contributed by atoms with E-state index in [2.05, 4.69) is 5.32 Å². The third kappa shape index (κ3) is 1.95. The molecule has 0 aliphatic carbocycles. The van der Waals surface area contributed by atoms with Crippen molar-refractivity contribution in [1.82, 2.24) is 5.32 Å². The Balaban J connectivity index is 2.14. The highest BCUT2D eigenvalue weighted by Gasteiger charge is 2.53. The summed E-state index contributed by atoms with van der Waals surface area (Å²) in [6.07, 6.45) is 1.67. The fourth-order valence-electron chi connectivity index (χ4n) is 2.77. The molecule has 16 heavy (non-hydrogen) atoms. The van der Waals surface area contributed by atoms with Crippen LogP contribution in [0, 0.1) is 5.92 Å². The van der Waals surface area contributed by atoms with Crippen LogP contribution < -0.4 is 11.1 Å². The highest BCUT2D eigenvalue weighted by Crippen LogP contribution is 2.39. The molecule has 92 valence electrons. The molecule has 0 aromatic rings. The van der Waals surface area contributed by atoms with Crippen molar-refractivity contribution in [2.45, 2.75) is 31.4 Å². The number of ether oxygens (including phenoxy) is 2. The minimum absolute atomic E-state index is 0.200. The molecule has 2 rings (SSSR count). The molecule has 1 spiro atoms. The number of nitrogens with two attached hydrogens (primary N) is 1. The van der Waals surface area contributed by atoms with Gasteiger partial charge in [0.1, 0.15) is 5.92 Å². The van der Waals surface area contributed by atoms with Crippen molar-refractivity contribution in [2.75, 3.05) is 26.3 Å². The average Bonchev–Trinajstić information content (AvgIpc) is 2.57. The third-order valence-electron chi connectivity index (χ3n) is 3.55. The number of carbonyl (C=O) groups is 1. The molecular weight excluding hydrogens is 208 g/mol. The maximum Gasteiger partial charge on any atom is 0.313 e. The first kappa shape index (κ1) is 11.8. The fourth-order valence-corrected chi connectivity index (χ4v) is 2.77. The summed E-state index contributed by atoms with van der Waals surface area (Å²) in [5, 5.41) is 3.27. The summed E-state index contributed by atoms with van der Waals surface area (Å²) in [7, 11) is 0. The van der Waals surface area contributed by atoms with E-state index in [9.17, 15) is 4.79 Å². The van der Waals surface area contributed by atoms with E-state index < -0.39 is 0 Å². The predicted molar refractivity (Wildman–Crippen MR) is 58.9 cm³/mol. The molecule has 2 unspecified atom stereocenters. The number of nitrogens with one attached hydrogen (secondary N) is 1. The van der Waals surface area contributed by atoms with Gasteiger partial charge < -0.3 is 20.5 Å². The highest BCUT2D eigenvalue weighted by atomic mass is 16.5. The van der Waals surface area contributed by atoms with Gasteiger partial charge in [-0.3, -0.25) is 4.79 Å². The van der Waals surface area contributed by atoms with Gasteiger partial charge in [0.2, 0.25) is 0 Å². The summed E-state index contributed by atoms with van der Waals surface area (Å²) in [4.78, 5) is 11.9. The second kappa shape index (κ2) is 4.69. The number of hydrogen-bond acceptors (Lipinski definition) is 5. The van der Waals surface area contributed by atoms with E-state index in [0.717, 1.165) is 25.9 Å². The van der Waals surface area contributed by atoms with Crippen LogP contribution in [0.15, 0.2) is 0 Å². The Labute approximate surface area is 95.7 Å². The van der Waals surface area contributed by atoms with Gasteiger partial charge in [-0.15, -0.1) is 0 Å². The molecular formula is C11H20N2O3. The van der Waals surface area contributed by atoms with Crippen LogP contribution in [0.4, 0.5) is 0 Å². The van der Waals surface area contributed by atoms with Gasteiger partial charge in [-0.1, -0.05) is 0 Å². The highest BCUT2D eigenvalue weighted by molar-refractivity contribution is 5.75. The number of rotatable bonds is 2. The summed E-state index contributed by atoms with van der Waals surface area (Å²) in [6, 6.07) is -0.225. The third-order valence-corrected chi connectivity index (χ3v) is 3.55. The van der Waals surface area contributed by atoms with Crippen LogP contribution in [0.2, 0.25) is 0 Å². The van der Waals surface area contributed by atoms with E-state index >= 15 is 0 Å². The first-order valence-corrected chi connectivity index (χ1v) is 5.96. The average molecular weight is 228 g/mol. The second-order valence-electron chi connectivity index (χ2n) is 4.52. The van der Waals surface area contributed by atoms with Gasteiger partial charge in [0.15, 0.2) is 0 Å². The van der Waals surface area contributed by atoms with Gasteiger partial charge in [0.25, 0.3) is 0 Å². The van der Waals surface area contributed by atoms with Crippen LogP contribution in [-0.4, -0.2) is 43.9 Å². The van der Waals surface area contributed by atoms with E-state index in [1.54, 1.807) is 0 Å². The molecule has 2 fully saturated rings. The number of hydrogen-bond donors (Lipinski definition) is 2. The number of piperidine rings is 1. The summed E-state index contributed by atoms with van der Waals surface area (Å²) in [6.45, 7) is 4.43. The minimum atomic E-state index is -0.378. The Morgan fingerprint density at radius 3 is 2.88 bits per heavy atom. The Morgan fingerprint density at radius 2 is 2.25 bits per heavy atom. The van der Waals surface area contributed by atoms with E-state index in [-0.39, 0.29) is 23.5 Å². The smallest absolute Gasteiger partial charge is 0.313 e. The minimum Gasteiger partial charge on any atom is -0.466 e. The van der Waals surface area contributed by atoms with Crippen molar-refractivity contribution < 1.29 is 14.3 Å². The summed E-state index contributed by atoms with van der Waals surface area (Å²) < 4.78 is 10.9. The Hall–Kier alpha value is -0.650. The maximum atomic E-state index is 11.9. The van der Waals surface area contributed by atoms with Crippen LogP contribution >= 0.6 is 0 Å². The SMILES string of the molecule is CCOC(=O)C1C(N)COC12CCNCC2. The van der Waals surface area contributed by atoms with Gasteiger partial charge in [-0.2, -0.15) is 0 Å². The molecule has 0 saturated carbocycles. The monoisotopic (exact) mass is 228 g/mol. The molecule has 5 heteroatoms. The molecule has 0 aromatic carbocycles. The molecule has 2 saturated heterocycles. The lowest BCUT2D eigenvalue weighted by atomic mass is 9.78. The summed E-state index contributed by atoms with van der Waals surface area (Å²) in [5.41, 5.74) is 5.59. The van der Waals surface area contributed by atoms with Crippen molar-refractivity contribution in [3.8, 4) is 0 Å². The Bertz CT molecular complexity index is 258. The normalized spacial score (nSPS) is 32.9. The van der Waals surface area contributed by atoms with Crippen molar-refractivity contribution in [2.24, 2.45) is 11.7 Å². The zero-order valence-electron chi connectivity index (χ0n) is 9.70. The Morgan fingerprint density at radius 1 is 1.56 bits per heavy atom. The molecule has 0 aromatic heterocycles. The van der Waals surface area contributed by atoms with Gasteiger partial charge >= 0.3 is 5.97 Å². The second-order valence-corrected chi connectivity index (χ2v) is 4.52. The number of esters is 1. The zero-order valence-corrected chi connectivity index (χ0v) is 9.70. The van der Waals surface area contributed by atoms with Gasteiger partial charge in [0.05, 0.1) is 18.8 Å². The van der Waals surface area contributed by atoms with Crippen LogP contribution in [0.5, 0.6) is 0 Å². The van der Waals surface area contributed by atoms with Crippen molar-refractivity contribution >= 4 is 5.97 Å². The predicted octanol–water partition coefficient (Wildman–Crippen LogP) is -0.355. The van der Waals surface area contributed by atoms with Crippen LogP contribution in [0.1, 0.15) is 19.8 Å². The lowest BCUT2D eigenvalue weighted by Crippen LogP contribution is -2.51. The first-order chi connectivity index (χ1) is 7.69. The lowest BCUT2D eigenvalue weighted by Gasteiger charge is -2.37. The molecule has 2 atom stereocenters. The van der Waals surface area contributed by atoms with Crippen LogP contribution in [-0.2, 0) is 14.3 Å². The molecule has 3 N–H and O–H groups in total. The Kier molecular flexibility index (Phi) is 3.47. The van der Waals surface area contributed by atoms with E-state index in [1.807, 2.05) is 6.92 Å². The van der Waals surface area contributed by atoms with Crippen LogP contribution in [0.25, 0.3) is 0 Å². The fraction of sp³-hybridized carbons (Fsp3) is 0.909. The van der Waals surface area contributed by atoms with Crippen molar-refractivity contribution in [3.05, 3.63) is 0 Å². The van der Waals surface area contributed by atoms with E-state index in [1.165, 1.54) is 0 Å². The molecule has 0 amide bonds. The topological polar surface area (TPSA) is 73.6 Å². The standard InChI is InChI=1S/C11H20N2O3/c1-2-15-10(14)9-8(12)7-16-11(9)3-5-13-6-4-11/h8-9,13H,2-7,12H2,1H3. The number of carbonyl (C=O) groups excluding carboxylic acids is 1. The molecule has 2 heterocycles. The summed E-state index contributed by atoms with van der Waals surface area (Å²) >= 11 is 0. The van der Waals surface area contributed by atoms with Crippen molar-refractivity contribution in [1.29, 1.82) is 0 Å². The quantitative estimate of drug-likeness (QED) is 0.632. The van der Waals surface area contributed by atoms with E-state index in [0.29, 0.717) is 13.2 Å². The largest absolute Gasteiger partial charge is 0.466 e. The lowest BCUT2D eigenvalue weighted by molar-refractivity contribution is -0.156. The van der Waals surface area contributed by atoms with Gasteiger partial charge in [-0.05, 0) is 32.9 Å². The molecule has 2 aliphatic heterocycles. The zero-order chi connectivity index (χ0) is 11.6. The van der Waals surface area contributed by atoms with Crippen molar-refractivity contribution in [3.63, 3.8) is 0 Å². The molecule has 2 aliphatic rings. The molecule has 5 nitrogen and oxygen atoms in total. The van der Waals surface area contributed by atoms with Gasteiger partial charge in [0, 0.05) is 6.04 Å². The molecule has 0 bridgehead atoms. The molecule has 0 radical (unpaired) electrons.